The van der Waals surface area contributed by atoms with Gasteiger partial charge in [0.15, 0.2) is 11.1 Å². The minimum atomic E-state index is -2.23. The molecule has 0 bridgehead atoms. The van der Waals surface area contributed by atoms with E-state index in [1.165, 1.54) is 12.1 Å². The first-order valence-corrected chi connectivity index (χ1v) is 5.18. The minimum Gasteiger partial charge on any atom is -0.490 e. The number of rotatable bonds is 3. The van der Waals surface area contributed by atoms with Gasteiger partial charge in [0.2, 0.25) is 0 Å². The topological polar surface area (TPSA) is 46.5 Å². The van der Waals surface area contributed by atoms with Gasteiger partial charge in [-0.15, -0.1) is 0 Å². The molecule has 78 valence electrons. The maximum Gasteiger partial charge on any atom is 0.190 e. The lowest BCUT2D eigenvalue weighted by Crippen LogP contribution is -2.08. The van der Waals surface area contributed by atoms with Crippen LogP contribution in [0.1, 0.15) is 13.8 Å². The lowest BCUT2D eigenvalue weighted by molar-refractivity contribution is 0.235. The van der Waals surface area contributed by atoms with Crippen LogP contribution >= 0.6 is 0 Å². The summed E-state index contributed by atoms with van der Waals surface area (Å²) >= 11 is -2.23. The molecule has 0 fully saturated rings. The van der Waals surface area contributed by atoms with Crippen LogP contribution in [0.15, 0.2) is 23.1 Å². The molecule has 1 aromatic carbocycles. The van der Waals surface area contributed by atoms with Gasteiger partial charge in [-0.05, 0) is 32.0 Å². The molecule has 0 aromatic heterocycles. The molecule has 1 aromatic rings. The van der Waals surface area contributed by atoms with Crippen LogP contribution in [0.5, 0.6) is 5.75 Å². The molecule has 1 atom stereocenters. The first-order valence-electron chi connectivity index (χ1n) is 4.07. The van der Waals surface area contributed by atoms with E-state index >= 15 is 0 Å². The Morgan fingerprint density at radius 3 is 2.64 bits per heavy atom. The van der Waals surface area contributed by atoms with E-state index in [0.29, 0.717) is 0 Å². The largest absolute Gasteiger partial charge is 0.490 e. The fourth-order valence-corrected chi connectivity index (χ4v) is 1.47. The van der Waals surface area contributed by atoms with E-state index in [0.717, 1.165) is 6.07 Å². The van der Waals surface area contributed by atoms with Crippen LogP contribution in [0.2, 0.25) is 0 Å². The molecule has 0 radical (unpaired) electrons. The Hall–Kier alpha value is -0.940. The monoisotopic (exact) mass is 218 g/mol. The Kier molecular flexibility index (Phi) is 3.60. The second kappa shape index (κ2) is 4.52. The summed E-state index contributed by atoms with van der Waals surface area (Å²) in [6, 6.07) is 3.53. The van der Waals surface area contributed by atoms with Crippen LogP contribution in [0.3, 0.4) is 0 Å². The third-order valence-electron chi connectivity index (χ3n) is 1.46. The van der Waals surface area contributed by atoms with Crippen LogP contribution in [0, 0.1) is 5.82 Å². The van der Waals surface area contributed by atoms with Crippen molar-refractivity contribution in [2.24, 2.45) is 0 Å². The van der Waals surface area contributed by atoms with Crippen molar-refractivity contribution in [3.8, 4) is 5.75 Å². The van der Waals surface area contributed by atoms with Crippen molar-refractivity contribution >= 4 is 11.1 Å². The van der Waals surface area contributed by atoms with E-state index in [2.05, 4.69) is 0 Å². The number of ether oxygens (including phenoxy) is 1. The van der Waals surface area contributed by atoms with Gasteiger partial charge in [0.25, 0.3) is 0 Å². The molecular weight excluding hydrogens is 207 g/mol. The molecule has 14 heavy (non-hydrogen) atoms. The molecule has 0 amide bonds. The maximum absolute atomic E-state index is 12.7. The highest BCUT2D eigenvalue weighted by Gasteiger charge is 2.11. The smallest absolute Gasteiger partial charge is 0.190 e. The van der Waals surface area contributed by atoms with E-state index in [9.17, 15) is 8.60 Å². The third-order valence-corrected chi connectivity index (χ3v) is 2.15. The highest BCUT2D eigenvalue weighted by Crippen LogP contribution is 2.23. The molecule has 0 aliphatic rings. The molecule has 1 unspecified atom stereocenters. The van der Waals surface area contributed by atoms with Gasteiger partial charge in [-0.3, -0.25) is 0 Å². The zero-order valence-electron chi connectivity index (χ0n) is 7.86. The lowest BCUT2D eigenvalue weighted by atomic mass is 10.3. The minimum absolute atomic E-state index is 0.0429. The molecule has 0 saturated carbocycles. The van der Waals surface area contributed by atoms with Gasteiger partial charge >= 0.3 is 0 Å². The Bertz CT molecular complexity index is 352. The Morgan fingerprint density at radius 1 is 1.50 bits per heavy atom. The van der Waals surface area contributed by atoms with Crippen molar-refractivity contribution in [1.82, 2.24) is 0 Å². The van der Waals surface area contributed by atoms with Gasteiger partial charge in [0.1, 0.15) is 16.5 Å². The van der Waals surface area contributed by atoms with Gasteiger partial charge < -0.3 is 9.29 Å². The van der Waals surface area contributed by atoms with E-state index in [4.69, 9.17) is 9.29 Å². The number of hydrogen-bond acceptors (Lipinski definition) is 2. The van der Waals surface area contributed by atoms with Crippen LogP contribution in [0.4, 0.5) is 4.39 Å². The Morgan fingerprint density at radius 2 is 2.14 bits per heavy atom. The molecule has 0 spiro atoms. The Labute approximate surface area is 84.2 Å². The first-order chi connectivity index (χ1) is 6.50. The molecule has 1 rings (SSSR count). The van der Waals surface area contributed by atoms with Gasteiger partial charge in [-0.25, -0.2) is 8.60 Å². The fraction of sp³-hybridized carbons (Fsp3) is 0.333. The molecule has 0 aliphatic carbocycles. The predicted molar refractivity (Wildman–Crippen MR) is 51.2 cm³/mol. The number of hydrogen-bond donors (Lipinski definition) is 1. The SMILES string of the molecule is CC(C)Oc1ccc(F)cc1S(=O)O. The van der Waals surface area contributed by atoms with Crippen LogP contribution in [-0.2, 0) is 11.1 Å². The average molecular weight is 218 g/mol. The van der Waals surface area contributed by atoms with Gasteiger partial charge in [-0.1, -0.05) is 0 Å². The van der Waals surface area contributed by atoms with E-state index < -0.39 is 16.9 Å². The van der Waals surface area contributed by atoms with Crippen LogP contribution in [0.25, 0.3) is 0 Å². The summed E-state index contributed by atoms with van der Waals surface area (Å²) in [6.07, 6.45) is -0.122. The van der Waals surface area contributed by atoms with E-state index in [-0.39, 0.29) is 16.7 Å². The normalized spacial score (nSPS) is 12.9. The molecule has 1 N–H and O–H groups in total. The van der Waals surface area contributed by atoms with Crippen molar-refractivity contribution in [3.63, 3.8) is 0 Å². The van der Waals surface area contributed by atoms with Crippen molar-refractivity contribution < 1.29 is 17.9 Å². The summed E-state index contributed by atoms with van der Waals surface area (Å²) in [5.41, 5.74) is 0. The Balaban J connectivity index is 3.08. The van der Waals surface area contributed by atoms with E-state index in [1.807, 2.05) is 0 Å². The third kappa shape index (κ3) is 2.78. The highest BCUT2D eigenvalue weighted by molar-refractivity contribution is 7.79. The molecule has 0 heterocycles. The predicted octanol–water partition coefficient (Wildman–Crippen LogP) is 2.19. The summed E-state index contributed by atoms with van der Waals surface area (Å²) in [7, 11) is 0. The maximum atomic E-state index is 12.7. The molecule has 0 aliphatic heterocycles. The lowest BCUT2D eigenvalue weighted by Gasteiger charge is -2.11. The summed E-state index contributed by atoms with van der Waals surface area (Å²) in [4.78, 5) is -0.0429. The van der Waals surface area contributed by atoms with Crippen molar-refractivity contribution in [2.45, 2.75) is 24.8 Å². The highest BCUT2D eigenvalue weighted by atomic mass is 32.2. The molecule has 5 heteroatoms. The molecule has 3 nitrogen and oxygen atoms in total. The summed E-state index contributed by atoms with van der Waals surface area (Å²) in [5.74, 6) is -0.319. The van der Waals surface area contributed by atoms with Crippen molar-refractivity contribution in [1.29, 1.82) is 0 Å². The zero-order valence-corrected chi connectivity index (χ0v) is 8.68. The second-order valence-corrected chi connectivity index (χ2v) is 3.94. The first kappa shape index (κ1) is 11.1. The van der Waals surface area contributed by atoms with Gasteiger partial charge in [0, 0.05) is 0 Å². The van der Waals surface area contributed by atoms with Crippen molar-refractivity contribution in [3.05, 3.63) is 24.0 Å². The molecular formula is C9H11FO3S. The average Bonchev–Trinajstić information content (AvgIpc) is 2.07. The quantitative estimate of drug-likeness (QED) is 0.791. The van der Waals surface area contributed by atoms with E-state index in [1.54, 1.807) is 13.8 Å². The summed E-state index contributed by atoms with van der Waals surface area (Å²) in [5, 5.41) is 0. The number of benzene rings is 1. The summed E-state index contributed by atoms with van der Waals surface area (Å²) in [6.45, 7) is 3.57. The van der Waals surface area contributed by atoms with Gasteiger partial charge in [-0.2, -0.15) is 0 Å². The van der Waals surface area contributed by atoms with Crippen molar-refractivity contribution in [2.75, 3.05) is 0 Å². The van der Waals surface area contributed by atoms with Crippen LogP contribution in [-0.4, -0.2) is 14.9 Å². The molecule has 0 saturated heterocycles. The fourth-order valence-electron chi connectivity index (χ4n) is 0.970. The standard InChI is InChI=1S/C9H11FO3S/c1-6(2)13-8-4-3-7(10)5-9(8)14(11)12/h3-6H,1-2H3,(H,11,12). The summed E-state index contributed by atoms with van der Waals surface area (Å²) < 4.78 is 37.7. The number of halogens is 1. The van der Waals surface area contributed by atoms with Crippen LogP contribution < -0.4 is 4.74 Å². The zero-order chi connectivity index (χ0) is 10.7. The second-order valence-electron chi connectivity index (χ2n) is 3.01. The van der Waals surface area contributed by atoms with Gasteiger partial charge in [0.05, 0.1) is 6.10 Å².